The van der Waals surface area contributed by atoms with E-state index in [1.165, 1.54) is 0 Å². The molecule has 29 heavy (non-hydrogen) atoms. The van der Waals surface area contributed by atoms with Crippen molar-refractivity contribution in [2.75, 3.05) is 13.2 Å². The fraction of sp³-hybridized carbons (Fsp3) is 0.174. The molecule has 1 aromatic carbocycles. The monoisotopic (exact) mass is 388 g/mol. The summed E-state index contributed by atoms with van der Waals surface area (Å²) < 4.78 is 12.2. The Morgan fingerprint density at radius 3 is 2.07 bits per heavy atom. The second-order valence-electron chi connectivity index (χ2n) is 6.24. The van der Waals surface area contributed by atoms with E-state index >= 15 is 0 Å². The predicted octanol–water partition coefficient (Wildman–Crippen LogP) is 5.06. The van der Waals surface area contributed by atoms with Gasteiger partial charge in [0.2, 0.25) is 11.8 Å². The summed E-state index contributed by atoms with van der Waals surface area (Å²) in [5.41, 5.74) is 4.70. The number of pyridine rings is 1. The van der Waals surface area contributed by atoms with E-state index < -0.39 is 0 Å². The summed E-state index contributed by atoms with van der Waals surface area (Å²) in [5.74, 6) is 0.294. The van der Waals surface area contributed by atoms with Crippen LogP contribution in [0.2, 0.25) is 0 Å². The van der Waals surface area contributed by atoms with E-state index in [9.17, 15) is 0 Å². The largest absolute Gasteiger partial charge is 0.478 e. The maximum atomic E-state index is 7.66. The number of nitrogens with zero attached hydrogens (tertiary/aromatic N) is 2. The van der Waals surface area contributed by atoms with Crippen LogP contribution in [0.5, 0.6) is 0 Å². The molecular weight excluding hydrogens is 364 g/mol. The number of ether oxygens (including phenoxy) is 2. The molecule has 0 amide bonds. The Labute approximate surface area is 170 Å². The number of aromatic nitrogens is 2. The van der Waals surface area contributed by atoms with Gasteiger partial charge in [0.1, 0.15) is 5.65 Å². The Hall–Kier alpha value is -3.67. The van der Waals surface area contributed by atoms with Gasteiger partial charge in [0, 0.05) is 30.1 Å². The van der Waals surface area contributed by atoms with Gasteiger partial charge < -0.3 is 13.9 Å². The quantitative estimate of drug-likeness (QED) is 0.438. The number of imidazole rings is 1. The predicted molar refractivity (Wildman–Crippen MR) is 117 cm³/mol. The van der Waals surface area contributed by atoms with Gasteiger partial charge in [0.05, 0.1) is 18.9 Å². The van der Waals surface area contributed by atoms with Gasteiger partial charge in [-0.15, -0.1) is 0 Å². The molecular formula is C23H24N4O2. The molecule has 0 fully saturated rings. The van der Waals surface area contributed by atoms with Crippen LogP contribution in [-0.4, -0.2) is 34.4 Å². The SMILES string of the molecule is CCOC(=N)/C=C/c1ccc(-c2cn3cc(/C=C/C(=N)OCC)ccc3n2)cc1. The van der Waals surface area contributed by atoms with Crippen molar-refractivity contribution in [3.63, 3.8) is 0 Å². The van der Waals surface area contributed by atoms with Crippen LogP contribution in [0.25, 0.3) is 29.1 Å². The average molecular weight is 388 g/mol. The molecule has 0 spiro atoms. The minimum Gasteiger partial charge on any atom is -0.478 e. The van der Waals surface area contributed by atoms with Gasteiger partial charge in [0.25, 0.3) is 0 Å². The maximum absolute atomic E-state index is 7.66. The smallest absolute Gasteiger partial charge is 0.205 e. The van der Waals surface area contributed by atoms with E-state index in [0.717, 1.165) is 28.0 Å². The second kappa shape index (κ2) is 9.50. The highest BCUT2D eigenvalue weighted by atomic mass is 16.5. The molecule has 0 aliphatic rings. The fourth-order valence-corrected chi connectivity index (χ4v) is 2.76. The van der Waals surface area contributed by atoms with Crippen LogP contribution in [0, 0.1) is 10.8 Å². The van der Waals surface area contributed by atoms with Crippen LogP contribution >= 0.6 is 0 Å². The van der Waals surface area contributed by atoms with E-state index in [1.54, 1.807) is 12.2 Å². The van der Waals surface area contributed by atoms with Crippen molar-refractivity contribution in [3.8, 4) is 11.3 Å². The highest BCUT2D eigenvalue weighted by Crippen LogP contribution is 2.21. The zero-order valence-electron chi connectivity index (χ0n) is 16.6. The highest BCUT2D eigenvalue weighted by molar-refractivity contribution is 5.90. The second-order valence-corrected chi connectivity index (χ2v) is 6.24. The van der Waals surface area contributed by atoms with Crippen molar-refractivity contribution in [2.45, 2.75) is 13.8 Å². The average Bonchev–Trinajstić information content (AvgIpc) is 3.15. The third-order valence-corrected chi connectivity index (χ3v) is 4.13. The zero-order valence-corrected chi connectivity index (χ0v) is 16.6. The van der Waals surface area contributed by atoms with Crippen LogP contribution in [0.1, 0.15) is 25.0 Å². The molecule has 0 bridgehead atoms. The number of hydrogen-bond acceptors (Lipinski definition) is 5. The summed E-state index contributed by atoms with van der Waals surface area (Å²) in [7, 11) is 0. The lowest BCUT2D eigenvalue weighted by atomic mass is 10.1. The molecule has 0 radical (unpaired) electrons. The van der Waals surface area contributed by atoms with E-state index in [4.69, 9.17) is 20.3 Å². The van der Waals surface area contributed by atoms with Crippen molar-refractivity contribution in [1.82, 2.24) is 9.38 Å². The Morgan fingerprint density at radius 2 is 1.45 bits per heavy atom. The summed E-state index contributed by atoms with van der Waals surface area (Å²) in [6.45, 7) is 4.69. The first-order valence-electron chi connectivity index (χ1n) is 9.47. The summed E-state index contributed by atoms with van der Waals surface area (Å²) in [6, 6.07) is 11.9. The van der Waals surface area contributed by atoms with Crippen LogP contribution < -0.4 is 0 Å². The van der Waals surface area contributed by atoms with Crippen molar-refractivity contribution in [3.05, 3.63) is 72.1 Å². The summed E-state index contributed by atoms with van der Waals surface area (Å²) >= 11 is 0. The molecule has 3 aromatic rings. The van der Waals surface area contributed by atoms with Gasteiger partial charge in [-0.2, -0.15) is 0 Å². The minimum atomic E-state index is 0.143. The molecule has 6 nitrogen and oxygen atoms in total. The van der Waals surface area contributed by atoms with Crippen molar-refractivity contribution in [2.24, 2.45) is 0 Å². The van der Waals surface area contributed by atoms with Crippen molar-refractivity contribution >= 4 is 29.6 Å². The molecule has 0 aliphatic carbocycles. The lowest BCUT2D eigenvalue weighted by Crippen LogP contribution is -1.97. The topological polar surface area (TPSA) is 83.5 Å². The summed E-state index contributed by atoms with van der Waals surface area (Å²) in [6.07, 6.45) is 10.9. The van der Waals surface area contributed by atoms with E-state index in [2.05, 4.69) is 4.98 Å². The molecule has 6 heteroatoms. The molecule has 0 saturated heterocycles. The van der Waals surface area contributed by atoms with Crippen LogP contribution in [0.4, 0.5) is 0 Å². The first-order chi connectivity index (χ1) is 14.1. The normalized spacial score (nSPS) is 11.4. The van der Waals surface area contributed by atoms with Crippen LogP contribution in [-0.2, 0) is 9.47 Å². The molecule has 2 heterocycles. The first kappa shape index (κ1) is 20.1. The van der Waals surface area contributed by atoms with Crippen LogP contribution in [0.15, 0.2) is 60.9 Å². The Balaban J connectivity index is 1.76. The molecule has 0 saturated carbocycles. The van der Waals surface area contributed by atoms with Crippen molar-refractivity contribution in [1.29, 1.82) is 10.8 Å². The minimum absolute atomic E-state index is 0.143. The standard InChI is InChI=1S/C23H24N4O2/c1-3-28-21(24)12-7-17-5-10-19(11-6-17)20-16-27-15-18(9-14-23(27)26-20)8-13-22(25)29-4-2/h5-16,24-25H,3-4H2,1-2H3/b12-7+,13-8+,24-21?,25-22?. The third-order valence-electron chi connectivity index (χ3n) is 4.13. The molecule has 3 rings (SSSR count). The Morgan fingerprint density at radius 1 is 0.862 bits per heavy atom. The van der Waals surface area contributed by atoms with Crippen molar-refractivity contribution < 1.29 is 9.47 Å². The van der Waals surface area contributed by atoms with Gasteiger partial charge >= 0.3 is 0 Å². The number of rotatable bonds is 7. The fourth-order valence-electron chi connectivity index (χ4n) is 2.76. The van der Waals surface area contributed by atoms with E-state index in [1.807, 2.05) is 79.2 Å². The third kappa shape index (κ3) is 5.42. The van der Waals surface area contributed by atoms with Crippen LogP contribution in [0.3, 0.4) is 0 Å². The van der Waals surface area contributed by atoms with Gasteiger partial charge in [-0.05, 0) is 49.3 Å². The number of nitrogens with one attached hydrogen (secondary N) is 2. The van der Waals surface area contributed by atoms with Gasteiger partial charge in [-0.3, -0.25) is 10.8 Å². The van der Waals surface area contributed by atoms with Gasteiger partial charge in [0.15, 0.2) is 0 Å². The van der Waals surface area contributed by atoms with Gasteiger partial charge in [-0.1, -0.05) is 24.3 Å². The Kier molecular flexibility index (Phi) is 6.58. The summed E-state index contributed by atoms with van der Waals surface area (Å²) in [4.78, 5) is 4.68. The molecule has 0 aliphatic heterocycles. The zero-order chi connectivity index (χ0) is 20.6. The number of fused-ring (bicyclic) bond motifs is 1. The van der Waals surface area contributed by atoms with Gasteiger partial charge in [-0.25, -0.2) is 4.98 Å². The highest BCUT2D eigenvalue weighted by Gasteiger charge is 2.05. The molecule has 0 atom stereocenters. The van der Waals surface area contributed by atoms with E-state index in [-0.39, 0.29) is 11.8 Å². The number of hydrogen-bond donors (Lipinski definition) is 2. The Bertz CT molecular complexity index is 1060. The molecule has 2 aromatic heterocycles. The number of benzene rings is 1. The maximum Gasteiger partial charge on any atom is 0.205 e. The lowest BCUT2D eigenvalue weighted by Gasteiger charge is -2.00. The first-order valence-corrected chi connectivity index (χ1v) is 9.47. The lowest BCUT2D eigenvalue weighted by molar-refractivity contribution is 0.327. The molecule has 148 valence electrons. The molecule has 2 N–H and O–H groups in total. The van der Waals surface area contributed by atoms with E-state index in [0.29, 0.717) is 13.2 Å². The summed E-state index contributed by atoms with van der Waals surface area (Å²) in [5, 5.41) is 15.3. The molecule has 0 unspecified atom stereocenters.